The van der Waals surface area contributed by atoms with E-state index in [1.807, 2.05) is 6.61 Å². The van der Waals surface area contributed by atoms with Crippen LogP contribution in [0.1, 0.15) is 26.7 Å². The zero-order valence-electron chi connectivity index (χ0n) is 6.67. The summed E-state index contributed by atoms with van der Waals surface area (Å²) in [4.78, 5) is 0. The van der Waals surface area contributed by atoms with Gasteiger partial charge in [-0.2, -0.15) is 0 Å². The third-order valence-electron chi connectivity index (χ3n) is 1.78. The molecule has 0 aromatic heterocycles. The van der Waals surface area contributed by atoms with E-state index in [0.717, 1.165) is 19.4 Å². The lowest BCUT2D eigenvalue weighted by atomic mass is 10.0. The van der Waals surface area contributed by atoms with Gasteiger partial charge in [-0.1, -0.05) is 13.8 Å². The average Bonchev–Trinajstić information content (AvgIpc) is 1.88. The molecule has 2 unspecified atom stereocenters. The Hall–Kier alpha value is -0.0800. The van der Waals surface area contributed by atoms with E-state index in [2.05, 4.69) is 13.8 Å². The van der Waals surface area contributed by atoms with E-state index in [1.54, 1.807) is 0 Å². The highest BCUT2D eigenvalue weighted by atomic mass is 16.7. The molecule has 0 saturated carbocycles. The molecule has 59 valence electrons. The number of ether oxygens (including phenoxy) is 2. The summed E-state index contributed by atoms with van der Waals surface area (Å²) in [6.45, 7) is 6.90. The fraction of sp³-hybridized carbons (Fsp3) is 0.875. The van der Waals surface area contributed by atoms with Crippen molar-refractivity contribution in [1.29, 1.82) is 0 Å². The molecule has 1 rings (SSSR count). The average molecular weight is 143 g/mol. The van der Waals surface area contributed by atoms with Gasteiger partial charge in [0.05, 0.1) is 13.2 Å². The van der Waals surface area contributed by atoms with Crippen LogP contribution in [0.5, 0.6) is 0 Å². The summed E-state index contributed by atoms with van der Waals surface area (Å²) in [5, 5.41) is 0. The third kappa shape index (κ3) is 1.70. The van der Waals surface area contributed by atoms with Crippen molar-refractivity contribution in [3.05, 3.63) is 6.61 Å². The van der Waals surface area contributed by atoms with Crippen molar-refractivity contribution in [3.63, 3.8) is 0 Å². The molecule has 2 nitrogen and oxygen atoms in total. The van der Waals surface area contributed by atoms with Gasteiger partial charge in [0.1, 0.15) is 0 Å². The predicted octanol–water partition coefficient (Wildman–Crippen LogP) is 1.96. The van der Waals surface area contributed by atoms with Gasteiger partial charge in [-0.3, -0.25) is 0 Å². The molecular weight excluding hydrogens is 128 g/mol. The molecule has 2 atom stereocenters. The Kier molecular flexibility index (Phi) is 3.16. The maximum atomic E-state index is 5.28. The first-order chi connectivity index (χ1) is 4.88. The van der Waals surface area contributed by atoms with E-state index in [1.165, 1.54) is 0 Å². The van der Waals surface area contributed by atoms with E-state index in [9.17, 15) is 0 Å². The van der Waals surface area contributed by atoms with Crippen LogP contribution in [0.2, 0.25) is 0 Å². The molecule has 0 aromatic carbocycles. The second kappa shape index (κ2) is 3.94. The molecule has 1 aliphatic heterocycles. The summed E-state index contributed by atoms with van der Waals surface area (Å²) in [7, 11) is 0. The monoisotopic (exact) mass is 143 g/mol. The van der Waals surface area contributed by atoms with Crippen molar-refractivity contribution >= 4 is 0 Å². The Morgan fingerprint density at radius 1 is 1.60 bits per heavy atom. The molecule has 1 aliphatic rings. The Morgan fingerprint density at radius 2 is 2.40 bits per heavy atom. The molecule has 1 fully saturated rings. The fourth-order valence-electron chi connectivity index (χ4n) is 0.963. The van der Waals surface area contributed by atoms with Gasteiger partial charge >= 0.3 is 0 Å². The standard InChI is InChI=1S/C8H15O2/c1-3-5-9-8-7(4-2)6-10-8/h5,7-8H,3-4,6H2,1-2H3. The van der Waals surface area contributed by atoms with Gasteiger partial charge in [0.2, 0.25) is 0 Å². The minimum Gasteiger partial charge on any atom is -0.352 e. The summed E-state index contributed by atoms with van der Waals surface area (Å²) >= 11 is 0. The van der Waals surface area contributed by atoms with Gasteiger partial charge in [-0.25, -0.2) is 0 Å². The van der Waals surface area contributed by atoms with E-state index in [4.69, 9.17) is 9.47 Å². The SMILES string of the molecule is CC[CH]OC1OCC1CC. The fourth-order valence-corrected chi connectivity index (χ4v) is 0.963. The molecule has 0 N–H and O–H groups in total. The molecule has 1 heterocycles. The van der Waals surface area contributed by atoms with Gasteiger partial charge in [0.25, 0.3) is 0 Å². The lowest BCUT2D eigenvalue weighted by Gasteiger charge is -2.35. The van der Waals surface area contributed by atoms with Gasteiger partial charge in [0, 0.05) is 5.92 Å². The quantitative estimate of drug-likeness (QED) is 0.599. The van der Waals surface area contributed by atoms with Crippen LogP contribution in [0.25, 0.3) is 0 Å². The highest BCUT2D eigenvalue weighted by Crippen LogP contribution is 2.24. The van der Waals surface area contributed by atoms with Crippen molar-refractivity contribution in [2.24, 2.45) is 5.92 Å². The first kappa shape index (κ1) is 8.02. The molecule has 10 heavy (non-hydrogen) atoms. The summed E-state index contributed by atoms with van der Waals surface area (Å²) < 4.78 is 10.5. The van der Waals surface area contributed by atoms with Gasteiger partial charge in [0.15, 0.2) is 6.29 Å². The molecule has 1 saturated heterocycles. The molecule has 0 aromatic rings. The lowest BCUT2D eigenvalue weighted by Crippen LogP contribution is -2.40. The Balaban J connectivity index is 2.05. The Bertz CT molecular complexity index is 91.3. The highest BCUT2D eigenvalue weighted by Gasteiger charge is 2.30. The first-order valence-corrected chi connectivity index (χ1v) is 3.97. The predicted molar refractivity (Wildman–Crippen MR) is 39.2 cm³/mol. The summed E-state index contributed by atoms with van der Waals surface area (Å²) in [5.41, 5.74) is 0. The second-order valence-corrected chi connectivity index (χ2v) is 2.58. The van der Waals surface area contributed by atoms with Crippen molar-refractivity contribution in [3.8, 4) is 0 Å². The number of hydrogen-bond donors (Lipinski definition) is 0. The van der Waals surface area contributed by atoms with Crippen LogP contribution >= 0.6 is 0 Å². The minimum absolute atomic E-state index is 0.0601. The summed E-state index contributed by atoms with van der Waals surface area (Å²) in [6, 6.07) is 0. The summed E-state index contributed by atoms with van der Waals surface area (Å²) in [6.07, 6.45) is 2.17. The molecule has 0 aliphatic carbocycles. The van der Waals surface area contributed by atoms with Crippen LogP contribution in [0.3, 0.4) is 0 Å². The van der Waals surface area contributed by atoms with Crippen LogP contribution in [-0.4, -0.2) is 12.9 Å². The van der Waals surface area contributed by atoms with Crippen molar-refractivity contribution < 1.29 is 9.47 Å². The molecule has 0 bridgehead atoms. The third-order valence-corrected chi connectivity index (χ3v) is 1.78. The normalized spacial score (nSPS) is 31.8. The minimum atomic E-state index is 0.0601. The Labute approximate surface area is 62.5 Å². The molecule has 2 heteroatoms. The van der Waals surface area contributed by atoms with Crippen LogP contribution in [0.15, 0.2) is 0 Å². The second-order valence-electron chi connectivity index (χ2n) is 2.58. The molecule has 0 amide bonds. The van der Waals surface area contributed by atoms with E-state index < -0.39 is 0 Å². The summed E-state index contributed by atoms with van der Waals surface area (Å²) in [5.74, 6) is 0.628. The van der Waals surface area contributed by atoms with Gasteiger partial charge in [-0.15, -0.1) is 0 Å². The van der Waals surface area contributed by atoms with Crippen LogP contribution in [0, 0.1) is 12.5 Å². The van der Waals surface area contributed by atoms with Crippen LogP contribution in [0.4, 0.5) is 0 Å². The van der Waals surface area contributed by atoms with Crippen LogP contribution in [-0.2, 0) is 9.47 Å². The lowest BCUT2D eigenvalue weighted by molar-refractivity contribution is -0.245. The van der Waals surface area contributed by atoms with E-state index in [0.29, 0.717) is 5.92 Å². The zero-order valence-corrected chi connectivity index (χ0v) is 6.67. The van der Waals surface area contributed by atoms with Gasteiger partial charge < -0.3 is 9.47 Å². The first-order valence-electron chi connectivity index (χ1n) is 3.97. The maximum Gasteiger partial charge on any atom is 0.163 e. The zero-order chi connectivity index (χ0) is 7.40. The largest absolute Gasteiger partial charge is 0.352 e. The molecule has 1 radical (unpaired) electrons. The van der Waals surface area contributed by atoms with Crippen molar-refractivity contribution in [2.45, 2.75) is 33.0 Å². The van der Waals surface area contributed by atoms with Gasteiger partial charge in [-0.05, 0) is 12.8 Å². The topological polar surface area (TPSA) is 18.5 Å². The smallest absolute Gasteiger partial charge is 0.163 e. The maximum absolute atomic E-state index is 5.28. The molecule has 0 spiro atoms. The molecular formula is C8H15O2. The van der Waals surface area contributed by atoms with E-state index >= 15 is 0 Å². The van der Waals surface area contributed by atoms with E-state index in [-0.39, 0.29) is 6.29 Å². The van der Waals surface area contributed by atoms with Crippen molar-refractivity contribution in [2.75, 3.05) is 6.61 Å². The van der Waals surface area contributed by atoms with Crippen molar-refractivity contribution in [1.82, 2.24) is 0 Å². The highest BCUT2D eigenvalue weighted by molar-refractivity contribution is 4.70. The van der Waals surface area contributed by atoms with Crippen LogP contribution < -0.4 is 0 Å². The Morgan fingerprint density at radius 3 is 2.80 bits per heavy atom. The number of hydrogen-bond acceptors (Lipinski definition) is 2. The number of rotatable bonds is 4.